The number of oxazole rings is 1. The molecule has 118 valence electrons. The number of nitrogens with two attached hydrogens (primary N) is 1. The van der Waals surface area contributed by atoms with Crippen LogP contribution in [0.1, 0.15) is 12.8 Å². The molecule has 2 heterocycles. The van der Waals surface area contributed by atoms with Crippen molar-refractivity contribution in [2.24, 2.45) is 5.73 Å². The van der Waals surface area contributed by atoms with E-state index in [0.717, 1.165) is 4.31 Å². The first-order valence-electron chi connectivity index (χ1n) is 6.44. The SMILES string of the molecule is NC(=O)[C@H]1CCCN1S(=O)(=O)c1cc2oc(=O)[nH]c2cc1Cl. The molecule has 1 aliphatic rings. The van der Waals surface area contributed by atoms with Crippen molar-refractivity contribution in [1.29, 1.82) is 0 Å². The number of nitrogens with zero attached hydrogens (tertiary/aromatic N) is 1. The summed E-state index contributed by atoms with van der Waals surface area (Å²) in [5.41, 5.74) is 5.62. The van der Waals surface area contributed by atoms with Gasteiger partial charge < -0.3 is 10.2 Å². The van der Waals surface area contributed by atoms with E-state index in [0.29, 0.717) is 18.4 Å². The standard InChI is InChI=1S/C12H12ClN3O5S/c13-6-4-7-9(21-12(18)15-7)5-10(6)22(19,20)16-3-1-2-8(16)11(14)17/h4-5,8H,1-3H2,(H2,14,17)(H,15,18)/t8-/m1/s1. The van der Waals surface area contributed by atoms with Gasteiger partial charge in [0.1, 0.15) is 10.9 Å². The number of hydrogen-bond acceptors (Lipinski definition) is 5. The summed E-state index contributed by atoms with van der Waals surface area (Å²) in [6, 6.07) is 1.57. The van der Waals surface area contributed by atoms with Gasteiger partial charge in [-0.25, -0.2) is 13.2 Å². The molecule has 8 nitrogen and oxygen atoms in total. The summed E-state index contributed by atoms with van der Waals surface area (Å²) in [4.78, 5) is 24.7. The molecule has 10 heteroatoms. The van der Waals surface area contributed by atoms with Crippen LogP contribution in [0.3, 0.4) is 0 Å². The molecule has 1 aromatic carbocycles. The number of hydrogen-bond donors (Lipinski definition) is 2. The lowest BCUT2D eigenvalue weighted by Gasteiger charge is -2.22. The molecule has 0 bridgehead atoms. The molecule has 0 radical (unpaired) electrons. The Bertz CT molecular complexity index is 916. The van der Waals surface area contributed by atoms with E-state index >= 15 is 0 Å². The zero-order valence-corrected chi connectivity index (χ0v) is 12.8. The summed E-state index contributed by atoms with van der Waals surface area (Å²) in [5, 5.41) is -0.0697. The first-order valence-corrected chi connectivity index (χ1v) is 8.26. The molecule has 1 fully saturated rings. The molecule has 0 unspecified atom stereocenters. The number of carbonyl (C=O) groups excluding carboxylic acids is 1. The minimum absolute atomic E-state index is 0.0697. The first-order chi connectivity index (χ1) is 10.3. The van der Waals surface area contributed by atoms with E-state index in [9.17, 15) is 18.0 Å². The zero-order valence-electron chi connectivity index (χ0n) is 11.2. The van der Waals surface area contributed by atoms with Crippen molar-refractivity contribution in [2.45, 2.75) is 23.8 Å². The highest BCUT2D eigenvalue weighted by Gasteiger charge is 2.39. The molecule has 22 heavy (non-hydrogen) atoms. The molecule has 1 aliphatic heterocycles. The van der Waals surface area contributed by atoms with Crippen LogP contribution in [0.25, 0.3) is 11.1 Å². The van der Waals surface area contributed by atoms with Crippen LogP contribution in [-0.2, 0) is 14.8 Å². The summed E-state index contributed by atoms with van der Waals surface area (Å²) in [6.45, 7) is 0.182. The van der Waals surface area contributed by atoms with E-state index in [-0.39, 0.29) is 22.0 Å². The minimum atomic E-state index is -4.02. The van der Waals surface area contributed by atoms with E-state index in [2.05, 4.69) is 4.98 Å². The van der Waals surface area contributed by atoms with Crippen LogP contribution in [-0.4, -0.2) is 36.2 Å². The van der Waals surface area contributed by atoms with Gasteiger partial charge in [-0.3, -0.25) is 9.78 Å². The van der Waals surface area contributed by atoms with Crippen molar-refractivity contribution in [3.63, 3.8) is 0 Å². The lowest BCUT2D eigenvalue weighted by atomic mass is 10.2. The fourth-order valence-corrected chi connectivity index (χ4v) is 4.77. The van der Waals surface area contributed by atoms with E-state index in [1.165, 1.54) is 12.1 Å². The second kappa shape index (κ2) is 5.11. The monoisotopic (exact) mass is 345 g/mol. The number of amides is 1. The normalized spacial score (nSPS) is 19.8. The third-order valence-electron chi connectivity index (χ3n) is 3.59. The van der Waals surface area contributed by atoms with E-state index in [4.69, 9.17) is 21.8 Å². The Labute approximate surface area is 129 Å². The Morgan fingerprint density at radius 3 is 2.86 bits per heavy atom. The van der Waals surface area contributed by atoms with Crippen molar-refractivity contribution in [2.75, 3.05) is 6.54 Å². The van der Waals surface area contributed by atoms with Crippen molar-refractivity contribution in [3.05, 3.63) is 27.7 Å². The van der Waals surface area contributed by atoms with Gasteiger partial charge in [-0.05, 0) is 18.9 Å². The molecule has 2 aromatic rings. The smallest absolute Gasteiger partial charge is 0.408 e. The number of rotatable bonds is 3. The Balaban J connectivity index is 2.14. The Kier molecular flexibility index (Phi) is 3.50. The molecule has 1 aromatic heterocycles. The van der Waals surface area contributed by atoms with Gasteiger partial charge in [-0.2, -0.15) is 4.31 Å². The van der Waals surface area contributed by atoms with Crippen LogP contribution in [0.5, 0.6) is 0 Å². The highest BCUT2D eigenvalue weighted by Crippen LogP contribution is 2.32. The maximum Gasteiger partial charge on any atom is 0.417 e. The average molecular weight is 346 g/mol. The molecule has 3 N–H and O–H groups in total. The lowest BCUT2D eigenvalue weighted by Crippen LogP contribution is -2.43. The summed E-state index contributed by atoms with van der Waals surface area (Å²) in [6.07, 6.45) is 0.902. The Hall–Kier alpha value is -1.84. The number of H-pyrrole nitrogens is 1. The van der Waals surface area contributed by atoms with Crippen molar-refractivity contribution in [1.82, 2.24) is 9.29 Å². The van der Waals surface area contributed by atoms with Crippen molar-refractivity contribution < 1.29 is 17.6 Å². The van der Waals surface area contributed by atoms with Crippen LogP contribution in [0.2, 0.25) is 5.02 Å². The molecule has 1 saturated heterocycles. The fraction of sp³-hybridized carbons (Fsp3) is 0.333. The number of primary amides is 1. The third kappa shape index (κ3) is 2.31. The summed E-state index contributed by atoms with van der Waals surface area (Å²) < 4.78 is 31.3. The number of aromatic amines is 1. The second-order valence-electron chi connectivity index (χ2n) is 4.97. The highest BCUT2D eigenvalue weighted by molar-refractivity contribution is 7.89. The fourth-order valence-electron chi connectivity index (χ4n) is 2.59. The maximum absolute atomic E-state index is 12.7. The largest absolute Gasteiger partial charge is 0.417 e. The topological polar surface area (TPSA) is 126 Å². The number of aromatic nitrogens is 1. The van der Waals surface area contributed by atoms with E-state index < -0.39 is 27.7 Å². The number of sulfonamides is 1. The highest BCUT2D eigenvalue weighted by atomic mass is 35.5. The van der Waals surface area contributed by atoms with Crippen LogP contribution in [0.15, 0.2) is 26.2 Å². The van der Waals surface area contributed by atoms with Gasteiger partial charge in [-0.15, -0.1) is 0 Å². The zero-order chi connectivity index (χ0) is 16.1. The predicted molar refractivity (Wildman–Crippen MR) is 78.0 cm³/mol. The molecule has 1 atom stereocenters. The molecule has 0 aliphatic carbocycles. The van der Waals surface area contributed by atoms with Gasteiger partial charge in [0, 0.05) is 12.6 Å². The summed E-state index contributed by atoms with van der Waals surface area (Å²) in [7, 11) is -4.02. The maximum atomic E-state index is 12.7. The third-order valence-corrected chi connectivity index (χ3v) is 5.97. The van der Waals surface area contributed by atoms with Gasteiger partial charge in [-0.1, -0.05) is 11.6 Å². The van der Waals surface area contributed by atoms with E-state index in [1.807, 2.05) is 0 Å². The minimum Gasteiger partial charge on any atom is -0.408 e. The second-order valence-corrected chi connectivity index (χ2v) is 7.24. The summed E-state index contributed by atoms with van der Waals surface area (Å²) in [5.74, 6) is -1.41. The van der Waals surface area contributed by atoms with Crippen LogP contribution in [0, 0.1) is 0 Å². The molecule has 1 amide bonds. The number of fused-ring (bicyclic) bond motifs is 1. The van der Waals surface area contributed by atoms with Gasteiger partial charge in [0.05, 0.1) is 10.5 Å². The molecule has 3 rings (SSSR count). The van der Waals surface area contributed by atoms with E-state index in [1.54, 1.807) is 0 Å². The van der Waals surface area contributed by atoms with Crippen LogP contribution in [0.4, 0.5) is 0 Å². The van der Waals surface area contributed by atoms with Crippen LogP contribution < -0.4 is 11.5 Å². The first kappa shape index (κ1) is 15.1. The number of carbonyl (C=O) groups is 1. The predicted octanol–water partition coefficient (Wildman–Crippen LogP) is 0.413. The quantitative estimate of drug-likeness (QED) is 0.833. The van der Waals surface area contributed by atoms with Gasteiger partial charge in [0.15, 0.2) is 5.58 Å². The van der Waals surface area contributed by atoms with Crippen molar-refractivity contribution in [3.8, 4) is 0 Å². The number of halogens is 1. The molecular weight excluding hydrogens is 334 g/mol. The lowest BCUT2D eigenvalue weighted by molar-refractivity contribution is -0.121. The van der Waals surface area contributed by atoms with Gasteiger partial charge in [0.2, 0.25) is 15.9 Å². The van der Waals surface area contributed by atoms with Crippen LogP contribution >= 0.6 is 11.6 Å². The van der Waals surface area contributed by atoms with Gasteiger partial charge >= 0.3 is 5.76 Å². The Morgan fingerprint density at radius 1 is 1.45 bits per heavy atom. The molecule has 0 saturated carbocycles. The summed E-state index contributed by atoms with van der Waals surface area (Å²) >= 11 is 6.02. The average Bonchev–Trinajstić information content (AvgIpc) is 3.02. The number of benzene rings is 1. The van der Waals surface area contributed by atoms with Gasteiger partial charge in [0.25, 0.3) is 0 Å². The van der Waals surface area contributed by atoms with Crippen molar-refractivity contribution >= 4 is 38.6 Å². The Morgan fingerprint density at radius 2 is 2.18 bits per heavy atom. The molecule has 0 spiro atoms. The number of nitrogens with one attached hydrogen (secondary N) is 1. The molecular formula is C12H12ClN3O5S.